The summed E-state index contributed by atoms with van der Waals surface area (Å²) in [6.45, 7) is 9.42. The first kappa shape index (κ1) is 15.5. The van der Waals surface area contributed by atoms with E-state index in [4.69, 9.17) is 0 Å². The van der Waals surface area contributed by atoms with Crippen molar-refractivity contribution in [2.45, 2.75) is 38.5 Å². The number of hydrogen-bond donors (Lipinski definition) is 0. The monoisotopic (exact) mass is 348 g/mol. The van der Waals surface area contributed by atoms with Crippen molar-refractivity contribution < 1.29 is 4.79 Å². The third-order valence-corrected chi connectivity index (χ3v) is 7.37. The summed E-state index contributed by atoms with van der Waals surface area (Å²) in [6, 6.07) is 19.5. The maximum absolute atomic E-state index is 13.5. The van der Waals surface area contributed by atoms with Crippen LogP contribution in [-0.4, -0.2) is 12.5 Å². The second-order valence-electron chi connectivity index (χ2n) is 9.31. The van der Waals surface area contributed by atoms with E-state index in [9.17, 15) is 4.79 Å². The minimum absolute atomic E-state index is 0.104. The van der Waals surface area contributed by atoms with Crippen molar-refractivity contribution >= 4 is 28.9 Å². The summed E-state index contributed by atoms with van der Waals surface area (Å²) >= 11 is 0. The van der Waals surface area contributed by atoms with Gasteiger partial charge in [-0.05, 0) is 22.3 Å². The molecule has 0 amide bonds. The van der Waals surface area contributed by atoms with Gasteiger partial charge in [-0.3, -0.25) is 4.79 Å². The summed E-state index contributed by atoms with van der Waals surface area (Å²) < 4.78 is 0. The van der Waals surface area contributed by atoms with Crippen LogP contribution in [0, 0.1) is 0 Å². The van der Waals surface area contributed by atoms with Gasteiger partial charge in [0.25, 0.3) is 0 Å². The molecule has 27 heavy (non-hydrogen) atoms. The van der Waals surface area contributed by atoms with Crippen molar-refractivity contribution in [2.24, 2.45) is 0 Å². The van der Waals surface area contributed by atoms with Crippen LogP contribution in [0.1, 0.15) is 65.9 Å². The van der Waals surface area contributed by atoms with Crippen LogP contribution in [0.15, 0.2) is 54.6 Å². The first-order chi connectivity index (χ1) is 12.8. The molecular formula is C25H21BO. The zero-order valence-electron chi connectivity index (χ0n) is 16.2. The van der Waals surface area contributed by atoms with E-state index in [1.54, 1.807) is 0 Å². The maximum Gasteiger partial charge on any atom is 0.244 e. The molecule has 0 unspecified atom stereocenters. The van der Waals surface area contributed by atoms with Crippen LogP contribution in [0.25, 0.3) is 0 Å². The molecule has 130 valence electrons. The van der Waals surface area contributed by atoms with E-state index in [0.717, 1.165) is 11.1 Å². The molecule has 0 bridgehead atoms. The number of benzene rings is 3. The van der Waals surface area contributed by atoms with Crippen LogP contribution in [0.5, 0.6) is 0 Å². The minimum Gasteiger partial charge on any atom is -0.289 e. The number of ketones is 1. The molecule has 2 heteroatoms. The average Bonchev–Trinajstić information content (AvgIpc) is 2.66. The molecule has 0 aliphatic carbocycles. The fourth-order valence-electron chi connectivity index (χ4n) is 6.07. The molecule has 3 aliphatic rings. The van der Waals surface area contributed by atoms with Crippen molar-refractivity contribution in [3.8, 4) is 0 Å². The smallest absolute Gasteiger partial charge is 0.244 e. The van der Waals surface area contributed by atoms with Crippen molar-refractivity contribution in [3.05, 3.63) is 88.0 Å². The van der Waals surface area contributed by atoms with E-state index < -0.39 is 0 Å². The van der Waals surface area contributed by atoms with Crippen LogP contribution < -0.4 is 16.4 Å². The Labute approximate surface area is 160 Å². The molecule has 0 saturated carbocycles. The number of rotatable bonds is 0. The largest absolute Gasteiger partial charge is 0.289 e. The predicted molar refractivity (Wildman–Crippen MR) is 112 cm³/mol. The molecule has 0 saturated heterocycles. The molecule has 0 spiro atoms. The minimum atomic E-state index is -0.104. The average molecular weight is 348 g/mol. The van der Waals surface area contributed by atoms with E-state index >= 15 is 0 Å². The molecule has 0 radical (unpaired) electrons. The highest BCUT2D eigenvalue weighted by atomic mass is 16.1. The van der Waals surface area contributed by atoms with E-state index in [-0.39, 0.29) is 23.3 Å². The molecular weight excluding hydrogens is 327 g/mol. The molecule has 6 rings (SSSR count). The number of carbonyl (C=O) groups is 1. The summed E-state index contributed by atoms with van der Waals surface area (Å²) in [4.78, 5) is 13.5. The van der Waals surface area contributed by atoms with Crippen LogP contribution in [0.3, 0.4) is 0 Å². The van der Waals surface area contributed by atoms with Crippen molar-refractivity contribution in [3.63, 3.8) is 0 Å². The third kappa shape index (κ3) is 1.54. The quantitative estimate of drug-likeness (QED) is 0.447. The Kier molecular flexibility index (Phi) is 2.54. The summed E-state index contributed by atoms with van der Waals surface area (Å²) in [5, 5.41) is 0. The summed E-state index contributed by atoms with van der Waals surface area (Å²) in [7, 11) is 0. The second-order valence-corrected chi connectivity index (χ2v) is 9.31. The molecule has 3 heterocycles. The van der Waals surface area contributed by atoms with Gasteiger partial charge in [-0.2, -0.15) is 0 Å². The standard InChI is InChI=1S/C25H21BO/c1-24(2)16-10-5-8-14-20(16)26-21-15(23(14)27)9-6-11-17(21)25(3,4)19-13-7-12-18(24)22(19)26/h5-13H,1-4H3. The maximum atomic E-state index is 13.5. The van der Waals surface area contributed by atoms with Gasteiger partial charge in [-0.15, -0.1) is 0 Å². The van der Waals surface area contributed by atoms with Crippen LogP contribution in [0.4, 0.5) is 0 Å². The lowest BCUT2D eigenvalue weighted by atomic mass is 9.25. The SMILES string of the molecule is CC1(C)c2cccc3c2B2c4c(cccc4C(C)(C)c4cccc1c42)C3=O. The van der Waals surface area contributed by atoms with Crippen molar-refractivity contribution in [1.29, 1.82) is 0 Å². The predicted octanol–water partition coefficient (Wildman–Crippen LogP) is 3.03. The van der Waals surface area contributed by atoms with Gasteiger partial charge in [0.15, 0.2) is 5.78 Å². The van der Waals surface area contributed by atoms with Crippen LogP contribution in [0.2, 0.25) is 0 Å². The molecule has 0 aromatic heterocycles. The normalized spacial score (nSPS) is 19.0. The lowest BCUT2D eigenvalue weighted by Gasteiger charge is -2.48. The molecule has 0 atom stereocenters. The van der Waals surface area contributed by atoms with E-state index in [2.05, 4.69) is 70.2 Å². The first-order valence-electron chi connectivity index (χ1n) is 9.80. The van der Waals surface area contributed by atoms with E-state index in [0.29, 0.717) is 0 Å². The highest BCUT2D eigenvalue weighted by molar-refractivity contribution is 6.99. The Morgan fingerprint density at radius 3 is 1.41 bits per heavy atom. The van der Waals surface area contributed by atoms with Gasteiger partial charge in [0, 0.05) is 22.0 Å². The Morgan fingerprint density at radius 1 is 0.593 bits per heavy atom. The lowest BCUT2D eigenvalue weighted by molar-refractivity contribution is 0.104. The van der Waals surface area contributed by atoms with Crippen molar-refractivity contribution in [2.75, 3.05) is 0 Å². The van der Waals surface area contributed by atoms with Crippen LogP contribution >= 0.6 is 0 Å². The second kappa shape index (κ2) is 4.44. The molecule has 3 aromatic carbocycles. The first-order valence-corrected chi connectivity index (χ1v) is 9.80. The van der Waals surface area contributed by atoms with Gasteiger partial charge in [0.2, 0.25) is 6.71 Å². The summed E-state index contributed by atoms with van der Waals surface area (Å²) in [5.74, 6) is 0.189. The zero-order valence-corrected chi connectivity index (χ0v) is 16.2. The zero-order chi connectivity index (χ0) is 18.7. The van der Waals surface area contributed by atoms with Gasteiger partial charge < -0.3 is 0 Å². The van der Waals surface area contributed by atoms with Crippen molar-refractivity contribution in [1.82, 2.24) is 0 Å². The molecule has 3 aromatic rings. The summed E-state index contributed by atoms with van der Waals surface area (Å²) in [6.07, 6.45) is 0. The molecule has 0 N–H and O–H groups in total. The number of hydrogen-bond acceptors (Lipinski definition) is 1. The van der Waals surface area contributed by atoms with Gasteiger partial charge >= 0.3 is 0 Å². The van der Waals surface area contributed by atoms with Gasteiger partial charge in [0.1, 0.15) is 0 Å². The highest BCUT2D eigenvalue weighted by Crippen LogP contribution is 2.42. The van der Waals surface area contributed by atoms with Gasteiger partial charge in [-0.1, -0.05) is 98.7 Å². The molecule has 3 aliphatic heterocycles. The lowest BCUT2D eigenvalue weighted by Crippen LogP contribution is -2.70. The molecule has 0 fully saturated rings. The van der Waals surface area contributed by atoms with E-state index in [1.165, 1.54) is 38.6 Å². The number of carbonyl (C=O) groups excluding carboxylic acids is 1. The fraction of sp³-hybridized carbons (Fsp3) is 0.240. The van der Waals surface area contributed by atoms with E-state index in [1.807, 2.05) is 12.1 Å². The van der Waals surface area contributed by atoms with Gasteiger partial charge in [-0.25, -0.2) is 0 Å². The Hall–Kier alpha value is -2.61. The fourth-order valence-corrected chi connectivity index (χ4v) is 6.07. The topological polar surface area (TPSA) is 17.1 Å². The summed E-state index contributed by atoms with van der Waals surface area (Å²) in [5.41, 5.74) is 11.0. The Bertz CT molecular complexity index is 1110. The van der Waals surface area contributed by atoms with Gasteiger partial charge in [0.05, 0.1) is 0 Å². The van der Waals surface area contributed by atoms with Crippen LogP contribution in [-0.2, 0) is 10.8 Å². The highest BCUT2D eigenvalue weighted by Gasteiger charge is 2.52. The third-order valence-electron chi connectivity index (χ3n) is 7.37. The molecule has 1 nitrogen and oxygen atoms in total. The Balaban J connectivity index is 1.89. The Morgan fingerprint density at radius 2 is 0.963 bits per heavy atom.